The van der Waals surface area contributed by atoms with Gasteiger partial charge in [-0.25, -0.2) is 0 Å². The third-order valence-corrected chi connectivity index (χ3v) is 3.22. The molecular weight excluding hydrogens is 228 g/mol. The first-order valence-electron chi connectivity index (χ1n) is 6.55. The van der Waals surface area contributed by atoms with E-state index in [9.17, 15) is 5.11 Å². The third kappa shape index (κ3) is 3.39. The van der Waals surface area contributed by atoms with Gasteiger partial charge in [0, 0.05) is 6.07 Å². The van der Waals surface area contributed by atoms with Gasteiger partial charge >= 0.3 is 0 Å². The van der Waals surface area contributed by atoms with Crippen molar-refractivity contribution in [1.82, 2.24) is 0 Å². The fraction of sp³-hybridized carbons (Fsp3) is 0.600. The predicted molar refractivity (Wildman–Crippen MR) is 73.3 cm³/mol. The first-order chi connectivity index (χ1) is 8.59. The SMILES string of the molecule is CCCC(O)(CCC)c1cc(OC)cc(OC)c1. The lowest BCUT2D eigenvalue weighted by molar-refractivity contribution is 0.0166. The zero-order chi connectivity index (χ0) is 13.6. The molecule has 0 amide bonds. The predicted octanol–water partition coefficient (Wildman–Crippen LogP) is 3.49. The Labute approximate surface area is 110 Å². The van der Waals surface area contributed by atoms with E-state index in [1.165, 1.54) is 0 Å². The van der Waals surface area contributed by atoms with Gasteiger partial charge in [0.25, 0.3) is 0 Å². The minimum Gasteiger partial charge on any atom is -0.497 e. The van der Waals surface area contributed by atoms with Crippen LogP contribution in [0.2, 0.25) is 0 Å². The lowest BCUT2D eigenvalue weighted by Gasteiger charge is -2.28. The van der Waals surface area contributed by atoms with Crippen molar-refractivity contribution < 1.29 is 14.6 Å². The van der Waals surface area contributed by atoms with Gasteiger partial charge in [0.1, 0.15) is 11.5 Å². The third-order valence-electron chi connectivity index (χ3n) is 3.22. The summed E-state index contributed by atoms with van der Waals surface area (Å²) in [5, 5.41) is 10.8. The Balaban J connectivity index is 3.17. The van der Waals surface area contributed by atoms with Crippen LogP contribution >= 0.6 is 0 Å². The molecule has 0 fully saturated rings. The minimum absolute atomic E-state index is 0.718. The standard InChI is InChI=1S/C15H24O3/c1-5-7-15(16,8-6-2)12-9-13(17-3)11-14(10-12)18-4/h9-11,16H,5-8H2,1-4H3. The van der Waals surface area contributed by atoms with Gasteiger partial charge in [-0.1, -0.05) is 26.7 Å². The highest BCUT2D eigenvalue weighted by molar-refractivity contribution is 5.41. The molecule has 1 aromatic rings. The maximum absolute atomic E-state index is 10.8. The molecule has 0 unspecified atom stereocenters. The normalized spacial score (nSPS) is 11.4. The molecule has 0 aromatic heterocycles. The van der Waals surface area contributed by atoms with Crippen LogP contribution in [-0.4, -0.2) is 19.3 Å². The molecule has 0 spiro atoms. The number of benzene rings is 1. The molecule has 3 nitrogen and oxygen atoms in total. The maximum atomic E-state index is 10.8. The summed E-state index contributed by atoms with van der Waals surface area (Å²) in [6, 6.07) is 5.61. The highest BCUT2D eigenvalue weighted by atomic mass is 16.5. The van der Waals surface area contributed by atoms with Gasteiger partial charge in [-0.3, -0.25) is 0 Å². The van der Waals surface area contributed by atoms with Gasteiger partial charge in [-0.2, -0.15) is 0 Å². The zero-order valence-electron chi connectivity index (χ0n) is 11.8. The Kier molecular flexibility index (Phi) is 5.48. The molecule has 18 heavy (non-hydrogen) atoms. The van der Waals surface area contributed by atoms with Crippen molar-refractivity contribution in [2.24, 2.45) is 0 Å². The van der Waals surface area contributed by atoms with Crippen molar-refractivity contribution >= 4 is 0 Å². The zero-order valence-corrected chi connectivity index (χ0v) is 11.8. The Morgan fingerprint density at radius 1 is 0.944 bits per heavy atom. The van der Waals surface area contributed by atoms with Crippen molar-refractivity contribution in [3.63, 3.8) is 0 Å². The fourth-order valence-corrected chi connectivity index (χ4v) is 2.32. The molecule has 1 N–H and O–H groups in total. The molecule has 1 aromatic carbocycles. The summed E-state index contributed by atoms with van der Waals surface area (Å²) in [7, 11) is 3.24. The second kappa shape index (κ2) is 6.64. The fourth-order valence-electron chi connectivity index (χ4n) is 2.32. The van der Waals surface area contributed by atoms with Gasteiger partial charge < -0.3 is 14.6 Å². The van der Waals surface area contributed by atoms with Crippen LogP contribution < -0.4 is 9.47 Å². The largest absolute Gasteiger partial charge is 0.497 e. The van der Waals surface area contributed by atoms with Gasteiger partial charge in [0.05, 0.1) is 19.8 Å². The van der Waals surface area contributed by atoms with Crippen LogP contribution in [0.15, 0.2) is 18.2 Å². The highest BCUT2D eigenvalue weighted by Gasteiger charge is 2.28. The summed E-state index contributed by atoms with van der Waals surface area (Å²) in [5.41, 5.74) is 0.0908. The first-order valence-corrected chi connectivity index (χ1v) is 6.55. The maximum Gasteiger partial charge on any atom is 0.122 e. The van der Waals surface area contributed by atoms with Crippen LogP contribution in [0.1, 0.15) is 45.1 Å². The molecule has 0 aliphatic heterocycles. The number of aliphatic hydroxyl groups is 1. The molecule has 0 aliphatic rings. The van der Waals surface area contributed by atoms with Gasteiger partial charge in [0.15, 0.2) is 0 Å². The molecule has 0 bridgehead atoms. The van der Waals surface area contributed by atoms with E-state index in [0.29, 0.717) is 0 Å². The smallest absolute Gasteiger partial charge is 0.122 e. The van der Waals surface area contributed by atoms with Crippen LogP contribution in [0.5, 0.6) is 11.5 Å². The summed E-state index contributed by atoms with van der Waals surface area (Å²) < 4.78 is 10.5. The van der Waals surface area contributed by atoms with E-state index in [-0.39, 0.29) is 0 Å². The monoisotopic (exact) mass is 252 g/mol. The van der Waals surface area contributed by atoms with Crippen molar-refractivity contribution in [1.29, 1.82) is 0 Å². The van der Waals surface area contributed by atoms with Crippen molar-refractivity contribution in [2.75, 3.05) is 14.2 Å². The number of hydrogen-bond donors (Lipinski definition) is 1. The molecule has 3 heteroatoms. The Bertz CT molecular complexity index is 346. The molecule has 0 atom stereocenters. The van der Waals surface area contributed by atoms with Crippen LogP contribution in [0.3, 0.4) is 0 Å². The van der Waals surface area contributed by atoms with Crippen LogP contribution in [-0.2, 0) is 5.60 Å². The number of hydrogen-bond acceptors (Lipinski definition) is 3. The highest BCUT2D eigenvalue weighted by Crippen LogP contribution is 2.36. The summed E-state index contributed by atoms with van der Waals surface area (Å²) in [5.74, 6) is 1.44. The van der Waals surface area contributed by atoms with Gasteiger partial charge in [-0.05, 0) is 30.5 Å². The number of rotatable bonds is 7. The van der Waals surface area contributed by atoms with E-state index in [1.54, 1.807) is 14.2 Å². The Morgan fingerprint density at radius 2 is 1.39 bits per heavy atom. The van der Waals surface area contributed by atoms with E-state index in [0.717, 1.165) is 42.7 Å². The number of ether oxygens (including phenoxy) is 2. The van der Waals surface area contributed by atoms with E-state index in [2.05, 4.69) is 13.8 Å². The average molecular weight is 252 g/mol. The van der Waals surface area contributed by atoms with Crippen LogP contribution in [0, 0.1) is 0 Å². The van der Waals surface area contributed by atoms with Crippen LogP contribution in [0.4, 0.5) is 0 Å². The molecule has 1 rings (SSSR count). The average Bonchev–Trinajstić information content (AvgIpc) is 2.38. The van der Waals surface area contributed by atoms with Gasteiger partial charge in [-0.15, -0.1) is 0 Å². The van der Waals surface area contributed by atoms with Gasteiger partial charge in [0.2, 0.25) is 0 Å². The van der Waals surface area contributed by atoms with Crippen LogP contribution in [0.25, 0.3) is 0 Å². The Morgan fingerprint density at radius 3 is 1.72 bits per heavy atom. The lowest BCUT2D eigenvalue weighted by atomic mass is 9.85. The molecule has 0 aliphatic carbocycles. The molecule has 0 saturated carbocycles. The quantitative estimate of drug-likeness (QED) is 0.807. The molecule has 0 heterocycles. The van der Waals surface area contributed by atoms with E-state index in [4.69, 9.17) is 9.47 Å². The van der Waals surface area contributed by atoms with Crippen molar-refractivity contribution in [2.45, 2.75) is 45.1 Å². The topological polar surface area (TPSA) is 38.7 Å². The summed E-state index contributed by atoms with van der Waals surface area (Å²) in [6.45, 7) is 4.16. The summed E-state index contributed by atoms with van der Waals surface area (Å²) >= 11 is 0. The molecule has 0 radical (unpaired) electrons. The minimum atomic E-state index is -0.786. The number of methoxy groups -OCH3 is 2. The lowest BCUT2D eigenvalue weighted by Crippen LogP contribution is -2.25. The second-order valence-corrected chi connectivity index (χ2v) is 4.63. The van der Waals surface area contributed by atoms with Crippen molar-refractivity contribution in [3.05, 3.63) is 23.8 Å². The Hall–Kier alpha value is -1.22. The molecule has 102 valence electrons. The molecular formula is C15H24O3. The molecule has 0 saturated heterocycles. The van der Waals surface area contributed by atoms with E-state index >= 15 is 0 Å². The first kappa shape index (κ1) is 14.8. The second-order valence-electron chi connectivity index (χ2n) is 4.63. The van der Waals surface area contributed by atoms with Crippen molar-refractivity contribution in [3.8, 4) is 11.5 Å². The summed E-state index contributed by atoms with van der Waals surface area (Å²) in [4.78, 5) is 0. The van der Waals surface area contributed by atoms with E-state index in [1.807, 2.05) is 18.2 Å². The van der Waals surface area contributed by atoms with E-state index < -0.39 is 5.60 Å². The summed E-state index contributed by atoms with van der Waals surface area (Å²) in [6.07, 6.45) is 3.38.